The summed E-state index contributed by atoms with van der Waals surface area (Å²) < 4.78 is 26.8. The van der Waals surface area contributed by atoms with E-state index in [-0.39, 0.29) is 12.5 Å². The standard InChI is InChI=1S/C14H19NO5S/c1-21(17,18)19-11-12-6-5-9-15(10-12)20-14(16)13-7-3-2-4-8-13/h2-4,7-8,12H,5-6,9-11H2,1H3/t12-/m0/s1. The van der Waals surface area contributed by atoms with Crippen molar-refractivity contribution in [2.45, 2.75) is 12.8 Å². The topological polar surface area (TPSA) is 72.9 Å². The summed E-state index contributed by atoms with van der Waals surface area (Å²) in [6.45, 7) is 1.25. The van der Waals surface area contributed by atoms with E-state index in [1.165, 1.54) is 0 Å². The third-order valence-corrected chi connectivity index (χ3v) is 3.79. The summed E-state index contributed by atoms with van der Waals surface area (Å²) in [6, 6.07) is 8.76. The lowest BCUT2D eigenvalue weighted by atomic mass is 10.0. The molecule has 0 bridgehead atoms. The van der Waals surface area contributed by atoms with Crippen molar-refractivity contribution in [2.75, 3.05) is 26.0 Å². The van der Waals surface area contributed by atoms with Crippen LogP contribution in [0.5, 0.6) is 0 Å². The highest BCUT2D eigenvalue weighted by atomic mass is 32.2. The Bertz CT molecular complexity index is 572. The predicted octanol–water partition coefficient (Wildman–Crippen LogP) is 1.45. The average molecular weight is 313 g/mol. The number of hydroxylamine groups is 2. The van der Waals surface area contributed by atoms with Crippen molar-refractivity contribution in [3.05, 3.63) is 35.9 Å². The molecule has 2 rings (SSSR count). The molecule has 1 fully saturated rings. The summed E-state index contributed by atoms with van der Waals surface area (Å²) in [5.41, 5.74) is 0.493. The van der Waals surface area contributed by atoms with Crippen LogP contribution in [0.1, 0.15) is 23.2 Å². The molecule has 1 heterocycles. The second-order valence-electron chi connectivity index (χ2n) is 5.13. The van der Waals surface area contributed by atoms with Crippen LogP contribution in [0.2, 0.25) is 0 Å². The molecule has 1 saturated heterocycles. The molecule has 0 aromatic heterocycles. The molecule has 1 aliphatic rings. The predicted molar refractivity (Wildman–Crippen MR) is 77.0 cm³/mol. The van der Waals surface area contributed by atoms with Gasteiger partial charge in [-0.05, 0) is 30.9 Å². The van der Waals surface area contributed by atoms with Crippen molar-refractivity contribution in [1.82, 2.24) is 5.06 Å². The van der Waals surface area contributed by atoms with Gasteiger partial charge in [-0.25, -0.2) is 4.79 Å². The minimum Gasteiger partial charge on any atom is -0.364 e. The summed E-state index contributed by atoms with van der Waals surface area (Å²) in [6.07, 6.45) is 2.72. The first kappa shape index (κ1) is 15.9. The molecule has 6 nitrogen and oxygen atoms in total. The van der Waals surface area contributed by atoms with E-state index in [1.807, 2.05) is 6.07 Å². The Morgan fingerprint density at radius 3 is 2.71 bits per heavy atom. The second-order valence-corrected chi connectivity index (χ2v) is 6.77. The summed E-state index contributed by atoms with van der Waals surface area (Å²) in [4.78, 5) is 17.3. The van der Waals surface area contributed by atoms with Gasteiger partial charge in [-0.15, -0.1) is 5.06 Å². The Labute approximate surface area is 124 Å². The van der Waals surface area contributed by atoms with E-state index >= 15 is 0 Å². The lowest BCUT2D eigenvalue weighted by molar-refractivity contribution is -0.133. The number of carbonyl (C=O) groups is 1. The molecular weight excluding hydrogens is 294 g/mol. The lowest BCUT2D eigenvalue weighted by Gasteiger charge is -2.30. The molecule has 0 radical (unpaired) electrons. The van der Waals surface area contributed by atoms with E-state index in [2.05, 4.69) is 0 Å². The van der Waals surface area contributed by atoms with Crippen LogP contribution in [0, 0.1) is 5.92 Å². The van der Waals surface area contributed by atoms with Crippen molar-refractivity contribution < 1.29 is 22.2 Å². The van der Waals surface area contributed by atoms with Crippen LogP contribution in [0.4, 0.5) is 0 Å². The van der Waals surface area contributed by atoms with Gasteiger partial charge >= 0.3 is 5.97 Å². The van der Waals surface area contributed by atoms with Crippen molar-refractivity contribution in [3.8, 4) is 0 Å². The summed E-state index contributed by atoms with van der Waals surface area (Å²) in [7, 11) is -3.43. The van der Waals surface area contributed by atoms with Gasteiger partial charge in [0.1, 0.15) is 0 Å². The van der Waals surface area contributed by atoms with E-state index in [1.54, 1.807) is 29.3 Å². The van der Waals surface area contributed by atoms with E-state index in [0.717, 1.165) is 19.1 Å². The number of carbonyl (C=O) groups excluding carboxylic acids is 1. The SMILES string of the molecule is CS(=O)(=O)OC[C@H]1CCCN(OC(=O)c2ccccc2)C1. The minimum absolute atomic E-state index is 0.0389. The van der Waals surface area contributed by atoms with E-state index in [4.69, 9.17) is 9.02 Å². The Kier molecular flexibility index (Phi) is 5.33. The molecule has 0 aliphatic carbocycles. The molecule has 0 amide bonds. The van der Waals surface area contributed by atoms with Gasteiger partial charge in [0.05, 0.1) is 18.4 Å². The summed E-state index contributed by atoms with van der Waals surface area (Å²) >= 11 is 0. The molecule has 0 unspecified atom stereocenters. The average Bonchev–Trinajstić information content (AvgIpc) is 2.46. The molecule has 116 valence electrons. The van der Waals surface area contributed by atoms with E-state index in [9.17, 15) is 13.2 Å². The maximum Gasteiger partial charge on any atom is 0.357 e. The van der Waals surface area contributed by atoms with Crippen LogP contribution in [0.3, 0.4) is 0 Å². The molecule has 0 spiro atoms. The lowest BCUT2D eigenvalue weighted by Crippen LogP contribution is -2.38. The third kappa shape index (κ3) is 5.45. The van der Waals surface area contributed by atoms with Gasteiger partial charge in [0.25, 0.3) is 10.1 Å². The molecule has 21 heavy (non-hydrogen) atoms. The minimum atomic E-state index is -3.43. The van der Waals surface area contributed by atoms with Gasteiger partial charge in [0.15, 0.2) is 0 Å². The maximum atomic E-state index is 11.9. The first-order valence-corrected chi connectivity index (χ1v) is 8.62. The largest absolute Gasteiger partial charge is 0.364 e. The number of piperidine rings is 1. The highest BCUT2D eigenvalue weighted by Gasteiger charge is 2.24. The monoisotopic (exact) mass is 313 g/mol. The molecule has 0 saturated carbocycles. The highest BCUT2D eigenvalue weighted by molar-refractivity contribution is 7.85. The fourth-order valence-corrected chi connectivity index (χ4v) is 2.65. The van der Waals surface area contributed by atoms with Gasteiger partial charge in [-0.2, -0.15) is 8.42 Å². The van der Waals surface area contributed by atoms with Crippen LogP contribution >= 0.6 is 0 Å². The Balaban J connectivity index is 1.85. The van der Waals surface area contributed by atoms with Crippen molar-refractivity contribution in [3.63, 3.8) is 0 Å². The van der Waals surface area contributed by atoms with E-state index < -0.39 is 16.1 Å². The van der Waals surface area contributed by atoms with Crippen molar-refractivity contribution in [1.29, 1.82) is 0 Å². The zero-order valence-electron chi connectivity index (χ0n) is 11.9. The molecule has 0 N–H and O–H groups in total. The van der Waals surface area contributed by atoms with Gasteiger partial charge in [0, 0.05) is 13.1 Å². The van der Waals surface area contributed by atoms with E-state index in [0.29, 0.717) is 18.7 Å². The Morgan fingerprint density at radius 1 is 1.33 bits per heavy atom. The first-order chi connectivity index (χ1) is 9.94. The number of benzene rings is 1. The van der Waals surface area contributed by atoms with Crippen LogP contribution in [-0.4, -0.2) is 45.4 Å². The second kappa shape index (κ2) is 7.02. The van der Waals surface area contributed by atoms with Crippen molar-refractivity contribution in [2.24, 2.45) is 5.92 Å². The molecule has 1 aromatic rings. The first-order valence-electron chi connectivity index (χ1n) is 6.81. The molecule has 1 atom stereocenters. The fraction of sp³-hybridized carbons (Fsp3) is 0.500. The summed E-state index contributed by atoms with van der Waals surface area (Å²) in [5.74, 6) is -0.364. The van der Waals surface area contributed by atoms with Crippen LogP contribution in [0.15, 0.2) is 30.3 Å². The highest BCUT2D eigenvalue weighted by Crippen LogP contribution is 2.18. The fourth-order valence-electron chi connectivity index (χ4n) is 2.21. The van der Waals surface area contributed by atoms with Gasteiger partial charge in [-0.3, -0.25) is 4.18 Å². The normalized spacial score (nSPS) is 20.1. The third-order valence-electron chi connectivity index (χ3n) is 3.22. The molecule has 7 heteroatoms. The van der Waals surface area contributed by atoms with Crippen molar-refractivity contribution >= 4 is 16.1 Å². The molecular formula is C14H19NO5S. The van der Waals surface area contributed by atoms with Gasteiger partial charge in [0.2, 0.25) is 0 Å². The zero-order chi connectivity index (χ0) is 15.3. The van der Waals surface area contributed by atoms with Gasteiger partial charge in [-0.1, -0.05) is 18.2 Å². The van der Waals surface area contributed by atoms with Crippen LogP contribution in [-0.2, 0) is 19.1 Å². The maximum absolute atomic E-state index is 11.9. The van der Waals surface area contributed by atoms with Crippen LogP contribution in [0.25, 0.3) is 0 Å². The number of nitrogens with zero attached hydrogens (tertiary/aromatic N) is 1. The summed E-state index contributed by atoms with van der Waals surface area (Å²) in [5, 5.41) is 1.58. The quantitative estimate of drug-likeness (QED) is 0.766. The number of hydrogen-bond donors (Lipinski definition) is 0. The number of rotatable bonds is 5. The number of hydrogen-bond acceptors (Lipinski definition) is 6. The molecule has 1 aliphatic heterocycles. The van der Waals surface area contributed by atoms with Gasteiger partial charge < -0.3 is 4.84 Å². The van der Waals surface area contributed by atoms with Crippen LogP contribution < -0.4 is 0 Å². The zero-order valence-corrected chi connectivity index (χ0v) is 12.7. The Morgan fingerprint density at radius 2 is 2.05 bits per heavy atom. The Hall–Kier alpha value is -1.44. The molecule has 1 aromatic carbocycles. The smallest absolute Gasteiger partial charge is 0.357 e.